The largest absolute Gasteiger partial charge is 0.339 e. The molecule has 33 heavy (non-hydrogen) atoms. The monoisotopic (exact) mass is 441 g/mol. The summed E-state index contributed by atoms with van der Waals surface area (Å²) < 4.78 is 0. The van der Waals surface area contributed by atoms with Crippen molar-refractivity contribution in [1.29, 1.82) is 0 Å². The van der Waals surface area contributed by atoms with E-state index in [1.807, 2.05) is 23.1 Å². The summed E-state index contributed by atoms with van der Waals surface area (Å²) in [7, 11) is 0. The molecule has 1 atom stereocenters. The van der Waals surface area contributed by atoms with Crippen molar-refractivity contribution in [3.63, 3.8) is 0 Å². The van der Waals surface area contributed by atoms with Gasteiger partial charge < -0.3 is 10.2 Å². The van der Waals surface area contributed by atoms with E-state index in [1.54, 1.807) is 0 Å². The average Bonchev–Trinajstić information content (AvgIpc) is 3.06. The van der Waals surface area contributed by atoms with Crippen LogP contribution in [0.25, 0.3) is 0 Å². The number of rotatable bonds is 7. The van der Waals surface area contributed by atoms with Gasteiger partial charge in [0.05, 0.1) is 12.6 Å². The van der Waals surface area contributed by atoms with Gasteiger partial charge in [-0.15, -0.1) is 0 Å². The van der Waals surface area contributed by atoms with E-state index in [1.165, 1.54) is 27.8 Å². The van der Waals surface area contributed by atoms with Gasteiger partial charge in [-0.2, -0.15) is 0 Å². The number of hydrogen-bond acceptors (Lipinski definition) is 3. The van der Waals surface area contributed by atoms with Crippen LogP contribution < -0.4 is 5.32 Å². The Balaban J connectivity index is 1.39. The molecule has 0 aromatic heterocycles. The third-order valence-corrected chi connectivity index (χ3v) is 6.50. The summed E-state index contributed by atoms with van der Waals surface area (Å²) in [6.45, 7) is 8.68. The Hall–Kier alpha value is -2.95. The van der Waals surface area contributed by atoms with Crippen molar-refractivity contribution < 1.29 is 4.79 Å². The fraction of sp³-hybridized carbons (Fsp3) is 0.345. The summed E-state index contributed by atoms with van der Waals surface area (Å²) in [5, 5.41) is 3.30. The highest BCUT2D eigenvalue weighted by atomic mass is 16.2. The minimum atomic E-state index is 0.185. The van der Waals surface area contributed by atoms with Crippen LogP contribution in [0, 0.1) is 6.92 Å². The molecule has 1 aliphatic carbocycles. The molecule has 1 saturated heterocycles. The first-order valence-corrected chi connectivity index (χ1v) is 12.0. The second kappa shape index (κ2) is 11.3. The Morgan fingerprint density at radius 2 is 1.67 bits per heavy atom. The molecule has 1 unspecified atom stereocenters. The van der Waals surface area contributed by atoms with E-state index in [0.29, 0.717) is 6.54 Å². The van der Waals surface area contributed by atoms with Crippen molar-refractivity contribution in [2.75, 3.05) is 32.7 Å². The molecule has 4 heteroatoms. The van der Waals surface area contributed by atoms with Crippen molar-refractivity contribution in [1.82, 2.24) is 15.1 Å². The molecule has 4 rings (SSSR count). The molecule has 0 radical (unpaired) electrons. The summed E-state index contributed by atoms with van der Waals surface area (Å²) in [6.07, 6.45) is 10.1. The quantitative estimate of drug-likeness (QED) is 0.670. The van der Waals surface area contributed by atoms with Crippen LogP contribution in [-0.4, -0.2) is 48.4 Å². The molecule has 1 aliphatic heterocycles. The van der Waals surface area contributed by atoms with Gasteiger partial charge >= 0.3 is 0 Å². The molecule has 2 aromatic carbocycles. The zero-order valence-electron chi connectivity index (χ0n) is 19.8. The SMILES string of the molecule is CC1=CC=C(C(c2ccc(C)cc2)N2CCN(C(=O)CNCc3ccccc3)CC2)C=CC1. The van der Waals surface area contributed by atoms with E-state index < -0.39 is 0 Å². The van der Waals surface area contributed by atoms with Crippen molar-refractivity contribution >= 4 is 5.91 Å². The molecular formula is C29H35N3O. The summed E-state index contributed by atoms with van der Waals surface area (Å²) in [5.41, 5.74) is 6.48. The highest BCUT2D eigenvalue weighted by Gasteiger charge is 2.28. The molecular weight excluding hydrogens is 406 g/mol. The summed E-state index contributed by atoms with van der Waals surface area (Å²) in [6, 6.07) is 19.3. The Morgan fingerprint density at radius 1 is 0.939 bits per heavy atom. The van der Waals surface area contributed by atoms with Crippen LogP contribution in [0.15, 0.2) is 90.0 Å². The maximum Gasteiger partial charge on any atom is 0.236 e. The van der Waals surface area contributed by atoms with E-state index in [2.05, 4.69) is 84.8 Å². The summed E-state index contributed by atoms with van der Waals surface area (Å²) in [4.78, 5) is 17.3. The summed E-state index contributed by atoms with van der Waals surface area (Å²) in [5.74, 6) is 0.185. The van der Waals surface area contributed by atoms with Crippen LogP contribution >= 0.6 is 0 Å². The van der Waals surface area contributed by atoms with Crippen LogP contribution in [0.5, 0.6) is 0 Å². The fourth-order valence-electron chi connectivity index (χ4n) is 4.54. The Labute approximate surface area is 198 Å². The topological polar surface area (TPSA) is 35.6 Å². The third-order valence-electron chi connectivity index (χ3n) is 6.50. The third kappa shape index (κ3) is 6.31. The number of nitrogens with one attached hydrogen (secondary N) is 1. The lowest BCUT2D eigenvalue weighted by molar-refractivity contribution is -0.132. The first kappa shape index (κ1) is 23.2. The Bertz CT molecular complexity index is 1010. The highest BCUT2D eigenvalue weighted by Crippen LogP contribution is 2.32. The molecule has 2 aliphatic rings. The molecule has 0 saturated carbocycles. The first-order valence-electron chi connectivity index (χ1n) is 12.0. The van der Waals surface area contributed by atoms with Gasteiger partial charge in [0, 0.05) is 32.7 Å². The van der Waals surface area contributed by atoms with Crippen LogP contribution in [0.4, 0.5) is 0 Å². The average molecular weight is 442 g/mol. The number of carbonyl (C=O) groups excluding carboxylic acids is 1. The highest BCUT2D eigenvalue weighted by molar-refractivity contribution is 5.78. The second-order valence-corrected chi connectivity index (χ2v) is 9.11. The fourth-order valence-corrected chi connectivity index (χ4v) is 4.54. The number of carbonyl (C=O) groups is 1. The van der Waals surface area contributed by atoms with Gasteiger partial charge in [-0.05, 0) is 37.0 Å². The molecule has 1 amide bonds. The van der Waals surface area contributed by atoms with Gasteiger partial charge in [0.15, 0.2) is 0 Å². The number of amides is 1. The lowest BCUT2D eigenvalue weighted by Crippen LogP contribution is -2.51. The van der Waals surface area contributed by atoms with Crippen LogP contribution in [0.1, 0.15) is 36.1 Å². The van der Waals surface area contributed by atoms with E-state index >= 15 is 0 Å². The number of allylic oxidation sites excluding steroid dienone is 4. The van der Waals surface area contributed by atoms with Crippen LogP contribution in [0.2, 0.25) is 0 Å². The van der Waals surface area contributed by atoms with Gasteiger partial charge in [-0.1, -0.05) is 90.0 Å². The standard InChI is InChI=1S/C29H35N3O/c1-23-7-6-10-26(14-11-23)29(27-15-12-24(2)13-16-27)32-19-17-31(18-20-32)28(33)22-30-21-25-8-4-3-5-9-25/h3-6,8-16,29-30H,7,17-22H2,1-2H3. The van der Waals surface area contributed by atoms with Gasteiger partial charge in [0.2, 0.25) is 5.91 Å². The predicted octanol–water partition coefficient (Wildman–Crippen LogP) is 4.80. The van der Waals surface area contributed by atoms with E-state index in [4.69, 9.17) is 0 Å². The lowest BCUT2D eigenvalue weighted by Gasteiger charge is -2.40. The van der Waals surface area contributed by atoms with Gasteiger partial charge in [0.1, 0.15) is 0 Å². The zero-order chi connectivity index (χ0) is 23.0. The van der Waals surface area contributed by atoms with Crippen molar-refractivity contribution in [3.8, 4) is 0 Å². The minimum absolute atomic E-state index is 0.185. The molecule has 0 spiro atoms. The summed E-state index contributed by atoms with van der Waals surface area (Å²) >= 11 is 0. The number of nitrogens with zero attached hydrogens (tertiary/aromatic N) is 2. The molecule has 2 aromatic rings. The minimum Gasteiger partial charge on any atom is -0.339 e. The van der Waals surface area contributed by atoms with Gasteiger partial charge in [0.25, 0.3) is 0 Å². The maximum atomic E-state index is 12.8. The smallest absolute Gasteiger partial charge is 0.236 e. The van der Waals surface area contributed by atoms with Crippen LogP contribution in [0.3, 0.4) is 0 Å². The molecule has 1 fully saturated rings. The number of hydrogen-bond donors (Lipinski definition) is 1. The molecule has 1 heterocycles. The normalized spacial score (nSPS) is 17.8. The van der Waals surface area contributed by atoms with E-state index in [0.717, 1.165) is 39.1 Å². The van der Waals surface area contributed by atoms with Crippen molar-refractivity contribution in [2.24, 2.45) is 0 Å². The Morgan fingerprint density at radius 3 is 2.39 bits per heavy atom. The molecule has 1 N–H and O–H groups in total. The number of piperazine rings is 1. The first-order chi connectivity index (χ1) is 16.1. The zero-order valence-corrected chi connectivity index (χ0v) is 19.8. The van der Waals surface area contributed by atoms with Gasteiger partial charge in [-0.3, -0.25) is 9.69 Å². The predicted molar refractivity (Wildman–Crippen MR) is 136 cm³/mol. The van der Waals surface area contributed by atoms with Crippen molar-refractivity contribution in [3.05, 3.63) is 107 Å². The Kier molecular flexibility index (Phi) is 7.92. The van der Waals surface area contributed by atoms with Gasteiger partial charge in [-0.25, -0.2) is 0 Å². The molecule has 4 nitrogen and oxygen atoms in total. The molecule has 0 bridgehead atoms. The molecule has 172 valence electrons. The van der Waals surface area contributed by atoms with Crippen LogP contribution in [-0.2, 0) is 11.3 Å². The van der Waals surface area contributed by atoms with Crippen molar-refractivity contribution in [2.45, 2.75) is 32.9 Å². The number of aryl methyl sites for hydroxylation is 1. The number of benzene rings is 2. The second-order valence-electron chi connectivity index (χ2n) is 9.11. The lowest BCUT2D eigenvalue weighted by atomic mass is 9.94. The maximum absolute atomic E-state index is 12.8. The van der Waals surface area contributed by atoms with E-state index in [9.17, 15) is 4.79 Å². The van der Waals surface area contributed by atoms with E-state index in [-0.39, 0.29) is 11.9 Å².